The summed E-state index contributed by atoms with van der Waals surface area (Å²) in [5, 5.41) is 16.4. The minimum absolute atomic E-state index is 0.109. The van der Waals surface area contributed by atoms with Gasteiger partial charge in [0.1, 0.15) is 5.69 Å². The van der Waals surface area contributed by atoms with Gasteiger partial charge in [-0.05, 0) is 92.0 Å². The number of pyridine rings is 2. The molecule has 3 aromatic rings. The summed E-state index contributed by atoms with van der Waals surface area (Å²) < 4.78 is 1.13. The number of nitrogens with one attached hydrogen (secondary N) is 1. The predicted octanol–water partition coefficient (Wildman–Crippen LogP) is 4.40. The molecular weight excluding hydrogens is 406 g/mol. The molecule has 0 spiro atoms. The topological polar surface area (TPSA) is 75.1 Å². The maximum Gasteiger partial charge on any atom is 0.270 e. The number of carbonyl (C=O) groups excluding carboxylic acids is 1. The fraction of sp³-hybridized carbons (Fsp3) is 0.480. The van der Waals surface area contributed by atoms with Crippen LogP contribution < -0.4 is 5.32 Å². The van der Waals surface area contributed by atoms with Crippen LogP contribution >= 0.6 is 11.3 Å². The van der Waals surface area contributed by atoms with Crippen LogP contribution in [0.4, 0.5) is 0 Å². The van der Waals surface area contributed by atoms with Gasteiger partial charge in [0.2, 0.25) is 0 Å². The quantitative estimate of drug-likeness (QED) is 0.639. The highest BCUT2D eigenvalue weighted by Gasteiger charge is 2.57. The second-order valence-electron chi connectivity index (χ2n) is 10.2. The summed E-state index contributed by atoms with van der Waals surface area (Å²) in [5.74, 6) is 0.953. The molecule has 4 aliphatic rings. The largest absolute Gasteiger partial charge is 0.390 e. The second kappa shape index (κ2) is 6.84. The summed E-state index contributed by atoms with van der Waals surface area (Å²) in [6.07, 6.45) is 8.28. The Bertz CT molecular complexity index is 1160. The lowest BCUT2D eigenvalue weighted by Crippen LogP contribution is -2.65. The number of fused-ring (bicyclic) bond motifs is 1. The summed E-state index contributed by atoms with van der Waals surface area (Å²) >= 11 is 1.66. The maximum absolute atomic E-state index is 13.4. The van der Waals surface area contributed by atoms with Crippen molar-refractivity contribution in [3.63, 3.8) is 0 Å². The van der Waals surface area contributed by atoms with Crippen molar-refractivity contribution in [2.75, 3.05) is 0 Å². The lowest BCUT2D eigenvalue weighted by Gasteiger charge is -2.60. The Kier molecular flexibility index (Phi) is 4.28. The molecule has 2 N–H and O–H groups in total. The lowest BCUT2D eigenvalue weighted by molar-refractivity contribution is -0.139. The zero-order valence-electron chi connectivity index (χ0n) is 17.7. The Balaban J connectivity index is 1.30. The van der Waals surface area contributed by atoms with Crippen LogP contribution in [-0.2, 0) is 6.42 Å². The first kappa shape index (κ1) is 19.4. The molecule has 3 aromatic heterocycles. The van der Waals surface area contributed by atoms with E-state index in [9.17, 15) is 9.90 Å². The molecule has 6 heteroatoms. The minimum atomic E-state index is -0.592. The van der Waals surface area contributed by atoms with E-state index in [1.807, 2.05) is 36.7 Å². The van der Waals surface area contributed by atoms with Crippen molar-refractivity contribution in [2.45, 2.75) is 63.0 Å². The lowest BCUT2D eigenvalue weighted by atomic mass is 9.51. The molecule has 0 radical (unpaired) electrons. The Labute approximate surface area is 185 Å². The second-order valence-corrected chi connectivity index (χ2v) is 11.1. The Morgan fingerprint density at radius 1 is 1.23 bits per heavy atom. The molecule has 0 aliphatic heterocycles. The minimum Gasteiger partial charge on any atom is -0.390 e. The zero-order valence-corrected chi connectivity index (χ0v) is 18.5. The average Bonchev–Trinajstić information content (AvgIpc) is 3.16. The van der Waals surface area contributed by atoms with Crippen molar-refractivity contribution in [2.24, 2.45) is 11.8 Å². The van der Waals surface area contributed by atoms with Crippen LogP contribution in [0.25, 0.3) is 10.2 Å². The number of hydrogen-bond donors (Lipinski definition) is 2. The van der Waals surface area contributed by atoms with E-state index in [1.165, 1.54) is 6.42 Å². The van der Waals surface area contributed by atoms with E-state index in [2.05, 4.69) is 21.4 Å². The molecule has 4 bridgehead atoms. The van der Waals surface area contributed by atoms with E-state index in [0.29, 0.717) is 24.0 Å². The first-order valence-corrected chi connectivity index (χ1v) is 12.1. The first-order valence-electron chi connectivity index (χ1n) is 11.2. The van der Waals surface area contributed by atoms with Gasteiger partial charge in [-0.2, -0.15) is 0 Å². The van der Waals surface area contributed by atoms with Gasteiger partial charge in [-0.25, -0.2) is 4.98 Å². The standard InChI is InChI=1S/C25H27N3O2S/c1-15-2-3-16(13-26-15)7-19-8-21(27-20-4-5-31-22(19)20)23(29)28-24-9-17-6-18(10-24)12-25(30,11-17)14-24/h2-5,8,13,17-18,30H,6-7,9-12,14H2,1H3,(H,28,29). The smallest absolute Gasteiger partial charge is 0.270 e. The molecular formula is C25H27N3O2S. The third kappa shape index (κ3) is 3.46. The van der Waals surface area contributed by atoms with Gasteiger partial charge in [0.15, 0.2) is 0 Å². The highest BCUT2D eigenvalue weighted by atomic mass is 32.1. The molecule has 3 heterocycles. The first-order chi connectivity index (χ1) is 14.9. The fourth-order valence-corrected chi connectivity index (χ4v) is 7.61. The highest BCUT2D eigenvalue weighted by Crippen LogP contribution is 2.57. The summed E-state index contributed by atoms with van der Waals surface area (Å²) in [7, 11) is 0. The van der Waals surface area contributed by atoms with Crippen molar-refractivity contribution in [1.29, 1.82) is 0 Å². The Hall–Kier alpha value is -2.31. The highest BCUT2D eigenvalue weighted by molar-refractivity contribution is 7.17. The Morgan fingerprint density at radius 3 is 2.74 bits per heavy atom. The van der Waals surface area contributed by atoms with Crippen molar-refractivity contribution in [3.8, 4) is 0 Å². The predicted molar refractivity (Wildman–Crippen MR) is 121 cm³/mol. The zero-order chi connectivity index (χ0) is 21.2. The van der Waals surface area contributed by atoms with Crippen LogP contribution in [0.5, 0.6) is 0 Å². The van der Waals surface area contributed by atoms with E-state index in [0.717, 1.165) is 59.1 Å². The number of hydrogen-bond acceptors (Lipinski definition) is 5. The van der Waals surface area contributed by atoms with Crippen LogP contribution in [0.3, 0.4) is 0 Å². The van der Waals surface area contributed by atoms with Crippen LogP contribution in [-0.4, -0.2) is 32.1 Å². The van der Waals surface area contributed by atoms with E-state index >= 15 is 0 Å². The third-order valence-electron chi connectivity index (χ3n) is 7.50. The summed E-state index contributed by atoms with van der Waals surface area (Å²) in [5.41, 5.74) is 3.72. The van der Waals surface area contributed by atoms with Crippen molar-refractivity contribution in [1.82, 2.24) is 15.3 Å². The number of aromatic nitrogens is 2. The van der Waals surface area contributed by atoms with E-state index in [4.69, 9.17) is 0 Å². The molecule has 1 amide bonds. The normalized spacial score (nSPS) is 31.3. The molecule has 4 saturated carbocycles. The molecule has 7 rings (SSSR count). The summed E-state index contributed by atoms with van der Waals surface area (Å²) in [4.78, 5) is 22.5. The van der Waals surface area contributed by atoms with Crippen molar-refractivity contribution in [3.05, 3.63) is 58.4 Å². The van der Waals surface area contributed by atoms with Gasteiger partial charge in [0, 0.05) is 23.9 Å². The van der Waals surface area contributed by atoms with Crippen LogP contribution in [0.15, 0.2) is 35.8 Å². The number of nitrogens with zero attached hydrogens (tertiary/aromatic N) is 2. The molecule has 0 saturated heterocycles. The van der Waals surface area contributed by atoms with E-state index in [1.54, 1.807) is 11.3 Å². The molecule has 0 aromatic carbocycles. The van der Waals surface area contributed by atoms with E-state index in [-0.39, 0.29) is 11.4 Å². The van der Waals surface area contributed by atoms with Gasteiger partial charge >= 0.3 is 0 Å². The van der Waals surface area contributed by atoms with Gasteiger partial charge in [0.05, 0.1) is 15.8 Å². The van der Waals surface area contributed by atoms with Gasteiger partial charge in [0.25, 0.3) is 5.91 Å². The molecule has 31 heavy (non-hydrogen) atoms. The molecule has 5 nitrogen and oxygen atoms in total. The number of carbonyl (C=O) groups is 1. The molecule has 2 unspecified atom stereocenters. The van der Waals surface area contributed by atoms with E-state index < -0.39 is 5.60 Å². The number of amides is 1. The van der Waals surface area contributed by atoms with Crippen LogP contribution in [0, 0.1) is 18.8 Å². The van der Waals surface area contributed by atoms with Gasteiger partial charge < -0.3 is 10.4 Å². The molecule has 160 valence electrons. The monoisotopic (exact) mass is 433 g/mol. The SMILES string of the molecule is Cc1ccc(Cc2cc(C(=O)NC34CC5CC(CC(O)(C5)C3)C4)nc3ccsc23)cn1. The fourth-order valence-electron chi connectivity index (χ4n) is 6.76. The molecule has 4 aliphatic carbocycles. The van der Waals surface area contributed by atoms with Crippen LogP contribution in [0.2, 0.25) is 0 Å². The number of aryl methyl sites for hydroxylation is 1. The Morgan fingerprint density at radius 2 is 2.03 bits per heavy atom. The molecule has 4 fully saturated rings. The number of thiophene rings is 1. The third-order valence-corrected chi connectivity index (χ3v) is 8.48. The van der Waals surface area contributed by atoms with Gasteiger partial charge in [-0.15, -0.1) is 11.3 Å². The maximum atomic E-state index is 13.4. The summed E-state index contributed by atoms with van der Waals surface area (Å²) in [6, 6.07) is 8.05. The van der Waals surface area contributed by atoms with Gasteiger partial charge in [-0.1, -0.05) is 6.07 Å². The molecule has 2 atom stereocenters. The number of aliphatic hydroxyl groups is 1. The average molecular weight is 434 g/mol. The summed E-state index contributed by atoms with van der Waals surface area (Å²) in [6.45, 7) is 1.98. The van der Waals surface area contributed by atoms with Gasteiger partial charge in [-0.3, -0.25) is 9.78 Å². The van der Waals surface area contributed by atoms with Crippen LogP contribution in [0.1, 0.15) is 65.8 Å². The number of rotatable bonds is 4. The van der Waals surface area contributed by atoms with Crippen molar-refractivity contribution >= 4 is 27.5 Å². The van der Waals surface area contributed by atoms with Crippen molar-refractivity contribution < 1.29 is 9.90 Å².